The molecule has 0 spiro atoms. The molecule has 0 radical (unpaired) electrons. The Morgan fingerprint density at radius 2 is 1.88 bits per heavy atom. The molecule has 0 amide bonds. The molecule has 2 fully saturated rings. The predicted molar refractivity (Wildman–Crippen MR) is 138 cm³/mol. The summed E-state index contributed by atoms with van der Waals surface area (Å²) < 4.78 is 0. The first-order chi connectivity index (χ1) is 16.8. The second kappa shape index (κ2) is 10.5. The molecule has 172 valence electrons. The van der Waals surface area contributed by atoms with E-state index in [9.17, 15) is 0 Å². The Hall–Kier alpha value is -3.66. The molecule has 0 saturated carbocycles. The standard InChI is InChI=1S/C28H30N6/c29-27(24-11-6-16-30-24)32-15-5-4-10-21-13-14-22(18-23(21)20-8-2-1-3-9-20)26-19-33-28(34-26)25-12-7-17-31-25/h1-3,5,8-9,13-15,18-19,24-25,30-31H,6-7,11-12,16-17H2,(H2,29,32)(H,33,34)/b15-5+/t24?,25-/m0/s1. The van der Waals surface area contributed by atoms with E-state index < -0.39 is 0 Å². The summed E-state index contributed by atoms with van der Waals surface area (Å²) in [6, 6.07) is 17.2. The van der Waals surface area contributed by atoms with E-state index in [1.54, 1.807) is 12.3 Å². The molecule has 0 aliphatic carbocycles. The van der Waals surface area contributed by atoms with Gasteiger partial charge >= 0.3 is 0 Å². The van der Waals surface area contributed by atoms with Crippen molar-refractivity contribution in [3.8, 4) is 34.2 Å². The van der Waals surface area contributed by atoms with Crippen LogP contribution in [0.25, 0.3) is 22.4 Å². The van der Waals surface area contributed by atoms with Crippen LogP contribution in [0.15, 0.2) is 72.0 Å². The highest BCUT2D eigenvalue weighted by Gasteiger charge is 2.19. The van der Waals surface area contributed by atoms with E-state index >= 15 is 0 Å². The summed E-state index contributed by atoms with van der Waals surface area (Å²) in [6.45, 7) is 2.05. The van der Waals surface area contributed by atoms with Gasteiger partial charge < -0.3 is 21.4 Å². The fourth-order valence-electron chi connectivity index (χ4n) is 4.56. The van der Waals surface area contributed by atoms with Gasteiger partial charge in [-0.2, -0.15) is 0 Å². The highest BCUT2D eigenvalue weighted by molar-refractivity contribution is 5.86. The Morgan fingerprint density at radius 3 is 2.68 bits per heavy atom. The first-order valence-electron chi connectivity index (χ1n) is 12.0. The first kappa shape index (κ1) is 22.1. The molecular weight excluding hydrogens is 420 g/mol. The summed E-state index contributed by atoms with van der Waals surface area (Å²) in [7, 11) is 0. The number of aliphatic imine (C=N–C) groups is 1. The number of hydrogen-bond donors (Lipinski definition) is 4. The summed E-state index contributed by atoms with van der Waals surface area (Å²) in [4.78, 5) is 12.5. The second-order valence-corrected chi connectivity index (χ2v) is 8.75. The van der Waals surface area contributed by atoms with E-state index in [0.29, 0.717) is 11.9 Å². The van der Waals surface area contributed by atoms with Crippen LogP contribution < -0.4 is 16.4 Å². The summed E-state index contributed by atoms with van der Waals surface area (Å²) in [6.07, 6.45) is 9.85. The van der Waals surface area contributed by atoms with Crippen LogP contribution in [0.1, 0.15) is 43.1 Å². The van der Waals surface area contributed by atoms with Gasteiger partial charge in [-0.15, -0.1) is 0 Å². The zero-order valence-electron chi connectivity index (χ0n) is 19.2. The minimum Gasteiger partial charge on any atom is -0.386 e. The van der Waals surface area contributed by atoms with Gasteiger partial charge in [-0.1, -0.05) is 48.2 Å². The van der Waals surface area contributed by atoms with Gasteiger partial charge in [0.2, 0.25) is 0 Å². The molecule has 34 heavy (non-hydrogen) atoms. The Kier molecular flexibility index (Phi) is 6.85. The fraction of sp³-hybridized carbons (Fsp3) is 0.286. The molecule has 1 aromatic heterocycles. The van der Waals surface area contributed by atoms with Crippen molar-refractivity contribution >= 4 is 5.84 Å². The fourth-order valence-corrected chi connectivity index (χ4v) is 4.56. The monoisotopic (exact) mass is 450 g/mol. The Balaban J connectivity index is 1.40. The van der Waals surface area contributed by atoms with E-state index in [-0.39, 0.29) is 6.04 Å². The summed E-state index contributed by atoms with van der Waals surface area (Å²) in [5.41, 5.74) is 11.4. The number of amidine groups is 1. The molecule has 3 heterocycles. The number of nitrogens with one attached hydrogen (secondary N) is 3. The molecular formula is C28H30N6. The van der Waals surface area contributed by atoms with Gasteiger partial charge in [0.05, 0.1) is 24.0 Å². The van der Waals surface area contributed by atoms with Crippen molar-refractivity contribution in [1.82, 2.24) is 20.6 Å². The van der Waals surface area contributed by atoms with Crippen molar-refractivity contribution in [1.29, 1.82) is 0 Å². The molecule has 1 unspecified atom stereocenters. The van der Waals surface area contributed by atoms with E-state index in [1.165, 1.54) is 6.42 Å². The van der Waals surface area contributed by atoms with E-state index in [0.717, 1.165) is 66.1 Å². The lowest BCUT2D eigenvalue weighted by atomic mass is 9.96. The third kappa shape index (κ3) is 5.12. The minimum absolute atomic E-state index is 0.183. The van der Waals surface area contributed by atoms with Crippen LogP contribution in [-0.2, 0) is 0 Å². The zero-order chi connectivity index (χ0) is 23.2. The molecule has 2 saturated heterocycles. The van der Waals surface area contributed by atoms with E-state index in [1.807, 2.05) is 24.4 Å². The lowest BCUT2D eigenvalue weighted by Gasteiger charge is -2.09. The predicted octanol–water partition coefficient (Wildman–Crippen LogP) is 4.14. The van der Waals surface area contributed by atoms with Crippen molar-refractivity contribution in [3.05, 3.63) is 78.4 Å². The summed E-state index contributed by atoms with van der Waals surface area (Å²) in [5.74, 6) is 8.03. The number of nitrogens with zero attached hydrogens (tertiary/aromatic N) is 2. The van der Waals surface area contributed by atoms with Crippen molar-refractivity contribution in [2.45, 2.75) is 37.8 Å². The Morgan fingerprint density at radius 1 is 1.03 bits per heavy atom. The summed E-state index contributed by atoms with van der Waals surface area (Å²) >= 11 is 0. The molecule has 5 rings (SSSR count). The molecule has 0 bridgehead atoms. The smallest absolute Gasteiger partial charge is 0.123 e. The molecule has 2 aromatic carbocycles. The number of nitrogens with two attached hydrogens (primary N) is 1. The largest absolute Gasteiger partial charge is 0.386 e. The average molecular weight is 451 g/mol. The third-order valence-electron chi connectivity index (χ3n) is 6.41. The number of H-pyrrole nitrogens is 1. The van der Waals surface area contributed by atoms with Crippen LogP contribution in [0.2, 0.25) is 0 Å². The van der Waals surface area contributed by atoms with Crippen LogP contribution >= 0.6 is 0 Å². The Bertz CT molecular complexity index is 1230. The SMILES string of the molecule is NC(=N/C=C/C#Cc1ccc(-c2cnc([C@@H]3CCCN3)[nH]2)cc1-c1ccccc1)C1CCCN1. The topological polar surface area (TPSA) is 91.1 Å². The van der Waals surface area contributed by atoms with Gasteiger partial charge in [-0.3, -0.25) is 0 Å². The number of aromatic amines is 1. The van der Waals surface area contributed by atoms with Gasteiger partial charge in [-0.25, -0.2) is 9.98 Å². The number of allylic oxidation sites excluding steroid dienone is 1. The lowest BCUT2D eigenvalue weighted by Crippen LogP contribution is -2.36. The molecule has 6 heteroatoms. The minimum atomic E-state index is 0.183. The van der Waals surface area contributed by atoms with Crippen molar-refractivity contribution in [3.63, 3.8) is 0 Å². The van der Waals surface area contributed by atoms with Gasteiger partial charge in [0.1, 0.15) is 11.7 Å². The van der Waals surface area contributed by atoms with Gasteiger partial charge in [0.25, 0.3) is 0 Å². The summed E-state index contributed by atoms with van der Waals surface area (Å²) in [5, 5.41) is 6.85. The van der Waals surface area contributed by atoms with Crippen LogP contribution in [0.3, 0.4) is 0 Å². The normalized spacial score (nSPS) is 20.5. The molecule has 5 N–H and O–H groups in total. The maximum absolute atomic E-state index is 6.06. The van der Waals surface area contributed by atoms with Gasteiger partial charge in [0, 0.05) is 23.4 Å². The second-order valence-electron chi connectivity index (χ2n) is 8.75. The maximum atomic E-state index is 6.06. The van der Waals surface area contributed by atoms with E-state index in [2.05, 4.69) is 67.8 Å². The number of rotatable bonds is 5. The Labute approximate surface area is 200 Å². The quantitative estimate of drug-likeness (QED) is 0.267. The first-order valence-corrected chi connectivity index (χ1v) is 12.0. The molecule has 2 atom stereocenters. The number of aromatic nitrogens is 2. The molecule has 6 nitrogen and oxygen atoms in total. The molecule has 3 aromatic rings. The average Bonchev–Trinajstić information content (AvgIpc) is 3.66. The highest BCUT2D eigenvalue weighted by Crippen LogP contribution is 2.30. The van der Waals surface area contributed by atoms with Gasteiger partial charge in [0.15, 0.2) is 0 Å². The van der Waals surface area contributed by atoms with E-state index in [4.69, 9.17) is 5.73 Å². The lowest BCUT2D eigenvalue weighted by molar-refractivity contribution is 0.613. The van der Waals surface area contributed by atoms with Crippen molar-refractivity contribution in [2.24, 2.45) is 10.7 Å². The van der Waals surface area contributed by atoms with Crippen LogP contribution in [-0.4, -0.2) is 34.9 Å². The molecule has 2 aliphatic rings. The number of imidazole rings is 1. The van der Waals surface area contributed by atoms with Gasteiger partial charge in [-0.05, 0) is 62.0 Å². The third-order valence-corrected chi connectivity index (χ3v) is 6.41. The van der Waals surface area contributed by atoms with Crippen LogP contribution in [0.5, 0.6) is 0 Å². The van der Waals surface area contributed by atoms with Crippen molar-refractivity contribution in [2.75, 3.05) is 13.1 Å². The van der Waals surface area contributed by atoms with Crippen LogP contribution in [0.4, 0.5) is 0 Å². The van der Waals surface area contributed by atoms with Crippen LogP contribution in [0, 0.1) is 11.8 Å². The number of benzene rings is 2. The maximum Gasteiger partial charge on any atom is 0.123 e. The molecule has 2 aliphatic heterocycles. The zero-order valence-corrected chi connectivity index (χ0v) is 19.2. The van der Waals surface area contributed by atoms with Crippen molar-refractivity contribution < 1.29 is 0 Å². The highest BCUT2D eigenvalue weighted by atomic mass is 15.0. The number of hydrogen-bond acceptors (Lipinski definition) is 4.